The molecule has 1 atom stereocenters. The first-order valence-electron chi connectivity index (χ1n) is 7.23. The Hall–Kier alpha value is -1.49. The van der Waals surface area contributed by atoms with E-state index in [1.165, 1.54) is 0 Å². The van der Waals surface area contributed by atoms with Crippen molar-refractivity contribution in [3.05, 3.63) is 29.6 Å². The highest BCUT2D eigenvalue weighted by molar-refractivity contribution is 7.98. The molecule has 0 bridgehead atoms. The molecule has 0 saturated heterocycles. The smallest absolute Gasteiger partial charge is 0.335 e. The lowest BCUT2D eigenvalue weighted by Gasteiger charge is -2.21. The molecule has 1 aromatic heterocycles. The van der Waals surface area contributed by atoms with Crippen LogP contribution in [0.15, 0.2) is 18.2 Å². The summed E-state index contributed by atoms with van der Waals surface area (Å²) in [4.78, 5) is 16.0. The van der Waals surface area contributed by atoms with Gasteiger partial charge in [-0.1, -0.05) is 20.8 Å². The highest BCUT2D eigenvalue weighted by Crippen LogP contribution is 2.29. The molecule has 0 fully saturated rings. The van der Waals surface area contributed by atoms with E-state index >= 15 is 0 Å². The molecule has 1 aromatic carbocycles. The summed E-state index contributed by atoms with van der Waals surface area (Å²) in [7, 11) is 0. The Morgan fingerprint density at radius 3 is 2.67 bits per heavy atom. The van der Waals surface area contributed by atoms with Gasteiger partial charge in [-0.3, -0.25) is 0 Å². The second kappa shape index (κ2) is 6.52. The summed E-state index contributed by atoms with van der Waals surface area (Å²) in [5, 5.41) is 9.22. The van der Waals surface area contributed by atoms with E-state index in [0.29, 0.717) is 17.5 Å². The van der Waals surface area contributed by atoms with E-state index in [2.05, 4.69) is 31.6 Å². The molecule has 0 amide bonds. The van der Waals surface area contributed by atoms with Crippen molar-refractivity contribution in [2.45, 2.75) is 39.2 Å². The third-order valence-corrected chi connectivity index (χ3v) is 4.39. The van der Waals surface area contributed by atoms with E-state index in [0.717, 1.165) is 29.0 Å². The zero-order valence-electron chi connectivity index (χ0n) is 13.0. The van der Waals surface area contributed by atoms with Crippen LogP contribution in [0.5, 0.6) is 0 Å². The molecule has 0 radical (unpaired) electrons. The van der Waals surface area contributed by atoms with Gasteiger partial charge in [0.1, 0.15) is 5.82 Å². The van der Waals surface area contributed by atoms with Crippen LogP contribution < -0.4 is 0 Å². The Balaban J connectivity index is 2.69. The zero-order valence-corrected chi connectivity index (χ0v) is 13.8. The first-order chi connectivity index (χ1) is 9.99. The van der Waals surface area contributed by atoms with Crippen LogP contribution in [0.3, 0.4) is 0 Å². The van der Waals surface area contributed by atoms with Crippen molar-refractivity contribution in [3.63, 3.8) is 0 Å². The fourth-order valence-electron chi connectivity index (χ4n) is 2.60. The molecule has 0 saturated carbocycles. The largest absolute Gasteiger partial charge is 0.478 e. The van der Waals surface area contributed by atoms with Crippen LogP contribution in [0.1, 0.15) is 55.3 Å². The Morgan fingerprint density at radius 2 is 2.14 bits per heavy atom. The minimum Gasteiger partial charge on any atom is -0.478 e. The lowest BCUT2D eigenvalue weighted by atomic mass is 10.1. The number of benzene rings is 1. The molecule has 4 nitrogen and oxygen atoms in total. The fourth-order valence-corrected chi connectivity index (χ4v) is 3.37. The van der Waals surface area contributed by atoms with Crippen molar-refractivity contribution in [2.75, 3.05) is 12.0 Å². The molecule has 5 heteroatoms. The van der Waals surface area contributed by atoms with Crippen LogP contribution in [0.4, 0.5) is 0 Å². The molecular formula is C16H22N2O2S. The number of nitrogens with zero attached hydrogens (tertiary/aromatic N) is 2. The number of carboxylic acids is 1. The predicted octanol–water partition coefficient (Wildman–Crippen LogP) is 4.17. The van der Waals surface area contributed by atoms with Crippen molar-refractivity contribution in [1.29, 1.82) is 0 Å². The number of thioether (sulfide) groups is 1. The van der Waals surface area contributed by atoms with Crippen molar-refractivity contribution >= 4 is 28.8 Å². The predicted molar refractivity (Wildman–Crippen MR) is 88.5 cm³/mol. The number of carboxylic acid groups (broad SMARTS) is 1. The molecule has 2 aromatic rings. The van der Waals surface area contributed by atoms with Crippen LogP contribution in [0.2, 0.25) is 0 Å². The SMILES string of the molecule is CCC(CSC)n1c(C(C)C)nc2ccc(C(=O)O)cc21. The van der Waals surface area contributed by atoms with E-state index in [1.54, 1.807) is 12.1 Å². The van der Waals surface area contributed by atoms with Gasteiger partial charge in [0.15, 0.2) is 0 Å². The number of rotatable bonds is 6. The maximum Gasteiger partial charge on any atom is 0.335 e. The molecule has 2 rings (SSSR count). The molecule has 0 aliphatic heterocycles. The molecule has 0 spiro atoms. The number of hydrogen-bond acceptors (Lipinski definition) is 3. The van der Waals surface area contributed by atoms with Gasteiger partial charge in [-0.15, -0.1) is 0 Å². The van der Waals surface area contributed by atoms with E-state index < -0.39 is 5.97 Å². The van der Waals surface area contributed by atoms with Crippen LogP contribution in [-0.4, -0.2) is 32.6 Å². The lowest BCUT2D eigenvalue weighted by Crippen LogP contribution is -2.15. The normalized spacial score (nSPS) is 13.0. The average molecular weight is 306 g/mol. The minimum atomic E-state index is -0.895. The van der Waals surface area contributed by atoms with Gasteiger partial charge in [0.2, 0.25) is 0 Å². The van der Waals surface area contributed by atoms with Gasteiger partial charge in [0.05, 0.1) is 16.6 Å². The Labute approximate surface area is 129 Å². The number of imidazole rings is 1. The Morgan fingerprint density at radius 1 is 1.43 bits per heavy atom. The van der Waals surface area contributed by atoms with E-state index in [9.17, 15) is 9.90 Å². The van der Waals surface area contributed by atoms with E-state index in [4.69, 9.17) is 4.98 Å². The highest BCUT2D eigenvalue weighted by Gasteiger charge is 2.20. The first kappa shape index (κ1) is 15.9. The molecule has 1 heterocycles. The summed E-state index contributed by atoms with van der Waals surface area (Å²) < 4.78 is 2.24. The first-order valence-corrected chi connectivity index (χ1v) is 8.63. The van der Waals surface area contributed by atoms with Crippen LogP contribution >= 0.6 is 11.8 Å². The molecular weight excluding hydrogens is 284 g/mol. The van der Waals surface area contributed by atoms with Crippen LogP contribution in [-0.2, 0) is 0 Å². The molecule has 1 unspecified atom stereocenters. The third-order valence-electron chi connectivity index (χ3n) is 3.68. The summed E-state index contributed by atoms with van der Waals surface area (Å²) in [6.07, 6.45) is 3.10. The number of aromatic nitrogens is 2. The number of hydrogen-bond donors (Lipinski definition) is 1. The van der Waals surface area contributed by atoms with Gasteiger partial charge in [0, 0.05) is 17.7 Å². The third kappa shape index (κ3) is 3.07. The van der Waals surface area contributed by atoms with Crippen molar-refractivity contribution in [2.24, 2.45) is 0 Å². The molecule has 114 valence electrons. The van der Waals surface area contributed by atoms with Gasteiger partial charge in [-0.25, -0.2) is 9.78 Å². The summed E-state index contributed by atoms with van der Waals surface area (Å²) in [5.74, 6) is 1.45. The van der Waals surface area contributed by atoms with Gasteiger partial charge in [-0.2, -0.15) is 11.8 Å². The summed E-state index contributed by atoms with van der Waals surface area (Å²) in [6.45, 7) is 6.42. The lowest BCUT2D eigenvalue weighted by molar-refractivity contribution is 0.0697. The summed E-state index contributed by atoms with van der Waals surface area (Å²) in [6, 6.07) is 5.53. The van der Waals surface area contributed by atoms with Gasteiger partial charge in [0.25, 0.3) is 0 Å². The van der Waals surface area contributed by atoms with Gasteiger partial charge < -0.3 is 9.67 Å². The molecule has 0 aliphatic carbocycles. The fraction of sp³-hybridized carbons (Fsp3) is 0.500. The van der Waals surface area contributed by atoms with Gasteiger partial charge in [-0.05, 0) is 30.9 Å². The van der Waals surface area contributed by atoms with Crippen molar-refractivity contribution < 1.29 is 9.90 Å². The van der Waals surface area contributed by atoms with E-state index in [1.807, 2.05) is 17.8 Å². The monoisotopic (exact) mass is 306 g/mol. The van der Waals surface area contributed by atoms with Crippen molar-refractivity contribution in [3.8, 4) is 0 Å². The molecule has 0 aliphatic rings. The molecule has 1 N–H and O–H groups in total. The highest BCUT2D eigenvalue weighted by atomic mass is 32.2. The number of aromatic carboxylic acids is 1. The second-order valence-electron chi connectivity index (χ2n) is 5.52. The van der Waals surface area contributed by atoms with Crippen LogP contribution in [0.25, 0.3) is 11.0 Å². The Kier molecular flexibility index (Phi) is 4.93. The van der Waals surface area contributed by atoms with Crippen LogP contribution in [0, 0.1) is 0 Å². The van der Waals surface area contributed by atoms with Crippen molar-refractivity contribution in [1.82, 2.24) is 9.55 Å². The maximum absolute atomic E-state index is 11.2. The topological polar surface area (TPSA) is 55.1 Å². The number of carbonyl (C=O) groups is 1. The molecule has 21 heavy (non-hydrogen) atoms. The minimum absolute atomic E-state index is 0.307. The zero-order chi connectivity index (χ0) is 15.6. The maximum atomic E-state index is 11.2. The second-order valence-corrected chi connectivity index (χ2v) is 6.43. The summed E-state index contributed by atoms with van der Waals surface area (Å²) >= 11 is 1.81. The quantitative estimate of drug-likeness (QED) is 0.870. The average Bonchev–Trinajstić information content (AvgIpc) is 2.83. The van der Waals surface area contributed by atoms with Gasteiger partial charge >= 0.3 is 5.97 Å². The standard InChI is InChI=1S/C16H22N2O2S/c1-5-12(9-21-4)18-14-8-11(16(19)20)6-7-13(14)17-15(18)10(2)3/h6-8,10,12H,5,9H2,1-4H3,(H,19,20). The number of fused-ring (bicyclic) bond motifs is 1. The van der Waals surface area contributed by atoms with E-state index in [-0.39, 0.29) is 0 Å². The summed E-state index contributed by atoms with van der Waals surface area (Å²) in [5.41, 5.74) is 2.13. The Bertz CT molecular complexity index is 649.